The summed E-state index contributed by atoms with van der Waals surface area (Å²) in [6, 6.07) is 14.2. The van der Waals surface area contributed by atoms with Gasteiger partial charge in [-0.1, -0.05) is 38.3 Å². The SMILES string of the molecule is CCCCCCOc1ccc([C@@H](O)[C@@H](CN2CCCC2)NC(=O)CCCOc2ccc(C(C)=O)cc2)cc1. The van der Waals surface area contributed by atoms with E-state index in [0.717, 1.165) is 43.7 Å². The summed E-state index contributed by atoms with van der Waals surface area (Å²) in [5.74, 6) is 1.39. The van der Waals surface area contributed by atoms with Gasteiger partial charge in [-0.3, -0.25) is 9.59 Å². The maximum Gasteiger partial charge on any atom is 0.220 e. The lowest BCUT2D eigenvalue weighted by Crippen LogP contribution is -2.46. The molecule has 3 rings (SSSR count). The van der Waals surface area contributed by atoms with Gasteiger partial charge in [-0.15, -0.1) is 0 Å². The summed E-state index contributed by atoms with van der Waals surface area (Å²) in [4.78, 5) is 26.5. The molecule has 2 N–H and O–H groups in total. The second-order valence-electron chi connectivity index (χ2n) is 10.1. The number of carbonyl (C=O) groups is 2. The van der Waals surface area contributed by atoms with Crippen LogP contribution in [0.1, 0.15) is 87.2 Å². The van der Waals surface area contributed by atoms with Crippen molar-refractivity contribution in [1.82, 2.24) is 10.2 Å². The minimum absolute atomic E-state index is 0.0148. The molecule has 0 unspecified atom stereocenters. The normalized spacial score (nSPS) is 15.1. The van der Waals surface area contributed by atoms with Crippen LogP contribution in [0, 0.1) is 0 Å². The second-order valence-corrected chi connectivity index (χ2v) is 10.1. The van der Waals surface area contributed by atoms with Crippen molar-refractivity contribution >= 4 is 11.7 Å². The number of hydrogen-bond acceptors (Lipinski definition) is 6. The molecule has 38 heavy (non-hydrogen) atoms. The van der Waals surface area contributed by atoms with E-state index in [2.05, 4.69) is 17.1 Å². The van der Waals surface area contributed by atoms with Gasteiger partial charge in [0.15, 0.2) is 5.78 Å². The Bertz CT molecular complexity index is 971. The predicted octanol–water partition coefficient (Wildman–Crippen LogP) is 5.32. The van der Waals surface area contributed by atoms with Gasteiger partial charge in [0.1, 0.15) is 17.6 Å². The van der Waals surface area contributed by atoms with E-state index in [4.69, 9.17) is 9.47 Å². The van der Waals surface area contributed by atoms with Crippen LogP contribution < -0.4 is 14.8 Å². The van der Waals surface area contributed by atoms with Crippen LogP contribution in [0.4, 0.5) is 0 Å². The van der Waals surface area contributed by atoms with Crippen molar-refractivity contribution in [2.45, 2.75) is 77.4 Å². The van der Waals surface area contributed by atoms with Crippen LogP contribution in [-0.2, 0) is 4.79 Å². The smallest absolute Gasteiger partial charge is 0.220 e. The number of Topliss-reactive ketones (excluding diaryl/α,β-unsaturated/α-hetero) is 1. The highest BCUT2D eigenvalue weighted by atomic mass is 16.5. The summed E-state index contributed by atoms with van der Waals surface area (Å²) >= 11 is 0. The molecule has 1 saturated heterocycles. The number of carbonyl (C=O) groups excluding carboxylic acids is 2. The zero-order valence-corrected chi connectivity index (χ0v) is 23.0. The molecule has 2 aromatic rings. The van der Waals surface area contributed by atoms with E-state index < -0.39 is 12.1 Å². The molecule has 0 aromatic heterocycles. The summed E-state index contributed by atoms with van der Waals surface area (Å²) in [5.41, 5.74) is 1.41. The number of aliphatic hydroxyl groups is 1. The molecule has 2 atom stereocenters. The van der Waals surface area contributed by atoms with Crippen molar-refractivity contribution < 1.29 is 24.2 Å². The number of ether oxygens (including phenoxy) is 2. The summed E-state index contributed by atoms with van der Waals surface area (Å²) in [5, 5.41) is 14.3. The Morgan fingerprint density at radius 1 is 0.895 bits per heavy atom. The Morgan fingerprint density at radius 2 is 1.50 bits per heavy atom. The Balaban J connectivity index is 1.48. The lowest BCUT2D eigenvalue weighted by atomic mass is 10.0. The Morgan fingerprint density at radius 3 is 2.11 bits per heavy atom. The van der Waals surface area contributed by atoms with Crippen LogP contribution in [0.5, 0.6) is 11.5 Å². The number of benzene rings is 2. The molecule has 1 aliphatic heterocycles. The van der Waals surface area contributed by atoms with E-state index in [1.54, 1.807) is 24.3 Å². The topological polar surface area (TPSA) is 88.1 Å². The van der Waals surface area contributed by atoms with Crippen molar-refractivity contribution in [3.05, 3.63) is 59.7 Å². The summed E-state index contributed by atoms with van der Waals surface area (Å²) in [6.07, 6.45) is 6.97. The van der Waals surface area contributed by atoms with E-state index in [1.807, 2.05) is 24.3 Å². The Hall–Kier alpha value is -2.90. The number of rotatable bonds is 17. The number of nitrogens with zero attached hydrogens (tertiary/aromatic N) is 1. The zero-order valence-electron chi connectivity index (χ0n) is 23.0. The number of likely N-dealkylation sites (tertiary alicyclic amines) is 1. The first-order valence-electron chi connectivity index (χ1n) is 14.1. The van der Waals surface area contributed by atoms with Crippen molar-refractivity contribution in [3.63, 3.8) is 0 Å². The minimum atomic E-state index is -0.811. The van der Waals surface area contributed by atoms with Gasteiger partial charge in [0, 0.05) is 18.5 Å². The summed E-state index contributed by atoms with van der Waals surface area (Å²) in [7, 11) is 0. The molecule has 1 amide bonds. The number of unbranched alkanes of at least 4 members (excludes halogenated alkanes) is 3. The van der Waals surface area contributed by atoms with Crippen LogP contribution in [-0.4, -0.2) is 60.6 Å². The predicted molar refractivity (Wildman–Crippen MR) is 150 cm³/mol. The molecule has 0 bridgehead atoms. The van der Waals surface area contributed by atoms with Gasteiger partial charge in [0.2, 0.25) is 5.91 Å². The van der Waals surface area contributed by atoms with E-state index in [1.165, 1.54) is 26.2 Å². The molecule has 7 heteroatoms. The molecular weight excluding hydrogens is 480 g/mol. The standard InChI is InChI=1S/C31H44N2O5/c1-3-4-5-8-21-37-28-17-13-26(14-18-28)31(36)29(23-33-19-6-7-20-33)32-30(35)10-9-22-38-27-15-11-25(12-16-27)24(2)34/h11-18,29,31,36H,3-10,19-23H2,1-2H3,(H,32,35)/t29-,31-/m1/s1. The maximum atomic E-state index is 12.8. The number of hydrogen-bond donors (Lipinski definition) is 2. The average Bonchev–Trinajstić information content (AvgIpc) is 3.44. The number of amides is 1. The molecule has 208 valence electrons. The van der Waals surface area contributed by atoms with E-state index in [9.17, 15) is 14.7 Å². The third-order valence-corrected chi connectivity index (χ3v) is 6.95. The Kier molecular flexibility index (Phi) is 12.6. The molecule has 0 spiro atoms. The molecule has 7 nitrogen and oxygen atoms in total. The highest BCUT2D eigenvalue weighted by molar-refractivity contribution is 5.94. The second kappa shape index (κ2) is 16.1. The molecule has 1 fully saturated rings. The van der Waals surface area contributed by atoms with Gasteiger partial charge in [-0.05, 0) is 87.7 Å². The summed E-state index contributed by atoms with van der Waals surface area (Å²) in [6.45, 7) is 7.40. The van der Waals surface area contributed by atoms with Gasteiger partial charge < -0.3 is 24.8 Å². The van der Waals surface area contributed by atoms with E-state index >= 15 is 0 Å². The largest absolute Gasteiger partial charge is 0.494 e. The van der Waals surface area contributed by atoms with Gasteiger partial charge in [0.05, 0.1) is 19.3 Å². The highest BCUT2D eigenvalue weighted by Crippen LogP contribution is 2.23. The van der Waals surface area contributed by atoms with Crippen LogP contribution in [0.15, 0.2) is 48.5 Å². The molecule has 2 aromatic carbocycles. The number of ketones is 1. The van der Waals surface area contributed by atoms with Crippen LogP contribution in [0.2, 0.25) is 0 Å². The first kappa shape index (κ1) is 29.7. The molecule has 1 aliphatic rings. The quantitative estimate of drug-likeness (QED) is 0.215. The molecule has 0 aliphatic carbocycles. The number of aliphatic hydroxyl groups excluding tert-OH is 1. The molecule has 1 heterocycles. The fraction of sp³-hybridized carbons (Fsp3) is 0.548. The van der Waals surface area contributed by atoms with Crippen molar-refractivity contribution in [1.29, 1.82) is 0 Å². The first-order valence-corrected chi connectivity index (χ1v) is 14.1. The lowest BCUT2D eigenvalue weighted by molar-refractivity contribution is -0.123. The van der Waals surface area contributed by atoms with Gasteiger partial charge in [-0.2, -0.15) is 0 Å². The van der Waals surface area contributed by atoms with E-state index in [-0.39, 0.29) is 11.7 Å². The monoisotopic (exact) mass is 524 g/mol. The van der Waals surface area contributed by atoms with Crippen LogP contribution >= 0.6 is 0 Å². The lowest BCUT2D eigenvalue weighted by Gasteiger charge is -2.29. The van der Waals surface area contributed by atoms with Crippen molar-refractivity contribution in [3.8, 4) is 11.5 Å². The fourth-order valence-electron chi connectivity index (χ4n) is 4.67. The van der Waals surface area contributed by atoms with Gasteiger partial charge in [0.25, 0.3) is 0 Å². The van der Waals surface area contributed by atoms with Crippen molar-refractivity contribution in [2.75, 3.05) is 32.8 Å². The van der Waals surface area contributed by atoms with E-state index in [0.29, 0.717) is 43.9 Å². The maximum absolute atomic E-state index is 12.8. The van der Waals surface area contributed by atoms with Crippen LogP contribution in [0.3, 0.4) is 0 Å². The van der Waals surface area contributed by atoms with Gasteiger partial charge >= 0.3 is 0 Å². The van der Waals surface area contributed by atoms with Gasteiger partial charge in [-0.25, -0.2) is 0 Å². The fourth-order valence-corrected chi connectivity index (χ4v) is 4.67. The highest BCUT2D eigenvalue weighted by Gasteiger charge is 2.26. The molecular formula is C31H44N2O5. The zero-order chi connectivity index (χ0) is 27.2. The first-order chi connectivity index (χ1) is 18.5. The molecule has 0 radical (unpaired) electrons. The average molecular weight is 525 g/mol. The number of nitrogens with one attached hydrogen (secondary N) is 1. The van der Waals surface area contributed by atoms with Crippen LogP contribution in [0.25, 0.3) is 0 Å². The minimum Gasteiger partial charge on any atom is -0.494 e. The summed E-state index contributed by atoms with van der Waals surface area (Å²) < 4.78 is 11.6. The van der Waals surface area contributed by atoms with Crippen molar-refractivity contribution in [2.24, 2.45) is 0 Å². The third kappa shape index (κ3) is 10.1. The Labute approximate surface area is 227 Å². The molecule has 0 saturated carbocycles. The third-order valence-electron chi connectivity index (χ3n) is 6.95.